The molecule has 0 aliphatic carbocycles. The van der Waals surface area contributed by atoms with Crippen LogP contribution in [0, 0.1) is 6.92 Å². The van der Waals surface area contributed by atoms with Crippen molar-refractivity contribution in [3.8, 4) is 11.5 Å². The van der Waals surface area contributed by atoms with E-state index in [1.54, 1.807) is 45.2 Å². The lowest BCUT2D eigenvalue weighted by Crippen LogP contribution is -2.15. The molecule has 8 nitrogen and oxygen atoms in total. The smallest absolute Gasteiger partial charge is 0.348 e. The van der Waals surface area contributed by atoms with Gasteiger partial charge in [0, 0.05) is 6.42 Å². The fraction of sp³-hybridized carbons (Fsp3) is 0.381. The molecule has 0 saturated heterocycles. The first kappa shape index (κ1) is 23.2. The van der Waals surface area contributed by atoms with Crippen molar-refractivity contribution in [2.75, 3.05) is 32.8 Å². The van der Waals surface area contributed by atoms with E-state index in [9.17, 15) is 14.4 Å². The van der Waals surface area contributed by atoms with Gasteiger partial charge < -0.3 is 24.3 Å². The molecule has 0 aliphatic heterocycles. The molecule has 0 saturated carbocycles. The Hall–Kier alpha value is -3.07. The summed E-state index contributed by atoms with van der Waals surface area (Å²) < 4.78 is 20.5. The lowest BCUT2D eigenvalue weighted by Gasteiger charge is -2.08. The second-order valence-corrected chi connectivity index (χ2v) is 7.17. The second-order valence-electron chi connectivity index (χ2n) is 6.15. The summed E-state index contributed by atoms with van der Waals surface area (Å²) in [6.07, 6.45) is 0.656. The van der Waals surface area contributed by atoms with Crippen LogP contribution in [-0.4, -0.2) is 45.3 Å². The normalized spacial score (nSPS) is 10.3. The number of amides is 1. The molecule has 0 fully saturated rings. The van der Waals surface area contributed by atoms with Gasteiger partial charge in [0.05, 0.1) is 33.0 Å². The van der Waals surface area contributed by atoms with Gasteiger partial charge in [-0.05, 0) is 50.1 Å². The summed E-state index contributed by atoms with van der Waals surface area (Å²) in [6.45, 7) is 3.83. The van der Waals surface area contributed by atoms with Gasteiger partial charge in [-0.15, -0.1) is 11.3 Å². The molecular weight excluding hydrogens is 410 g/mol. The van der Waals surface area contributed by atoms with E-state index >= 15 is 0 Å². The van der Waals surface area contributed by atoms with Crippen molar-refractivity contribution in [2.45, 2.75) is 26.7 Å². The SMILES string of the molecule is CCOC(=O)c1c(NC(=O)CCCOc2ccc(OC)cc2)sc(C(=O)OC)c1C. The Bertz CT molecular complexity index is 890. The van der Waals surface area contributed by atoms with E-state index in [4.69, 9.17) is 18.9 Å². The molecule has 162 valence electrons. The molecule has 0 aliphatic rings. The summed E-state index contributed by atoms with van der Waals surface area (Å²) >= 11 is 0.990. The molecule has 2 aromatic rings. The Balaban J connectivity index is 1.97. The fourth-order valence-corrected chi connectivity index (χ4v) is 3.75. The maximum Gasteiger partial charge on any atom is 0.348 e. The second kappa shape index (κ2) is 11.2. The Labute approximate surface area is 179 Å². The average Bonchev–Trinajstić information content (AvgIpc) is 3.07. The van der Waals surface area contributed by atoms with Crippen LogP contribution < -0.4 is 14.8 Å². The van der Waals surface area contributed by atoms with Crippen LogP contribution in [0.1, 0.15) is 45.4 Å². The Kier molecular flexibility index (Phi) is 8.67. The maximum absolute atomic E-state index is 12.4. The van der Waals surface area contributed by atoms with E-state index in [1.807, 2.05) is 0 Å². The number of thiophene rings is 1. The molecule has 0 atom stereocenters. The average molecular weight is 435 g/mol. The lowest BCUT2D eigenvalue weighted by molar-refractivity contribution is -0.116. The first-order chi connectivity index (χ1) is 14.4. The Morgan fingerprint density at radius 3 is 2.30 bits per heavy atom. The highest BCUT2D eigenvalue weighted by Gasteiger charge is 2.26. The summed E-state index contributed by atoms with van der Waals surface area (Å²) in [4.78, 5) is 36.9. The highest BCUT2D eigenvalue weighted by molar-refractivity contribution is 7.18. The molecule has 1 aromatic carbocycles. The standard InChI is InChI=1S/C21H25NO7S/c1-5-28-20(24)17-13(2)18(21(25)27-4)30-19(17)22-16(23)7-6-12-29-15-10-8-14(26-3)9-11-15/h8-11H,5-7,12H2,1-4H3,(H,22,23). The first-order valence-corrected chi connectivity index (χ1v) is 10.2. The fourth-order valence-electron chi connectivity index (χ4n) is 2.62. The van der Waals surface area contributed by atoms with E-state index in [2.05, 4.69) is 5.32 Å². The van der Waals surface area contributed by atoms with Gasteiger partial charge in [-0.1, -0.05) is 0 Å². The van der Waals surface area contributed by atoms with Crippen molar-refractivity contribution in [1.29, 1.82) is 0 Å². The van der Waals surface area contributed by atoms with Crippen LogP contribution in [0.15, 0.2) is 24.3 Å². The largest absolute Gasteiger partial charge is 0.497 e. The predicted molar refractivity (Wildman–Crippen MR) is 113 cm³/mol. The highest BCUT2D eigenvalue weighted by atomic mass is 32.1. The molecule has 0 unspecified atom stereocenters. The summed E-state index contributed by atoms with van der Waals surface area (Å²) in [5.41, 5.74) is 0.591. The van der Waals surface area contributed by atoms with Crippen LogP contribution in [0.5, 0.6) is 11.5 Å². The zero-order chi connectivity index (χ0) is 22.1. The van der Waals surface area contributed by atoms with Crippen LogP contribution in [0.4, 0.5) is 5.00 Å². The third kappa shape index (κ3) is 5.96. The van der Waals surface area contributed by atoms with Gasteiger partial charge >= 0.3 is 11.9 Å². The van der Waals surface area contributed by atoms with Gasteiger partial charge in [0.15, 0.2) is 0 Å². The number of hydrogen-bond donors (Lipinski definition) is 1. The number of esters is 2. The predicted octanol–water partition coefficient (Wildman–Crippen LogP) is 3.83. The molecule has 2 rings (SSSR count). The number of ether oxygens (including phenoxy) is 4. The van der Waals surface area contributed by atoms with Crippen molar-refractivity contribution >= 4 is 34.2 Å². The van der Waals surface area contributed by atoms with Gasteiger partial charge in [-0.3, -0.25) is 4.79 Å². The van der Waals surface area contributed by atoms with Crippen molar-refractivity contribution < 1.29 is 33.3 Å². The van der Waals surface area contributed by atoms with E-state index in [-0.39, 0.29) is 34.4 Å². The van der Waals surface area contributed by atoms with E-state index < -0.39 is 11.9 Å². The number of rotatable bonds is 10. The number of methoxy groups -OCH3 is 2. The number of carbonyl (C=O) groups excluding carboxylic acids is 3. The molecule has 9 heteroatoms. The van der Waals surface area contributed by atoms with Gasteiger partial charge in [0.1, 0.15) is 21.4 Å². The van der Waals surface area contributed by atoms with Gasteiger partial charge in [-0.25, -0.2) is 9.59 Å². The zero-order valence-corrected chi connectivity index (χ0v) is 18.2. The third-order valence-corrected chi connectivity index (χ3v) is 5.31. The first-order valence-electron chi connectivity index (χ1n) is 9.36. The molecule has 1 aromatic heterocycles. The maximum atomic E-state index is 12.4. The number of hydrogen-bond acceptors (Lipinski definition) is 8. The van der Waals surface area contributed by atoms with Gasteiger partial charge in [-0.2, -0.15) is 0 Å². The van der Waals surface area contributed by atoms with Crippen LogP contribution in [-0.2, 0) is 14.3 Å². The highest BCUT2D eigenvalue weighted by Crippen LogP contribution is 2.34. The molecule has 30 heavy (non-hydrogen) atoms. The Morgan fingerprint density at radius 2 is 1.70 bits per heavy atom. The van der Waals surface area contributed by atoms with Crippen molar-refractivity contribution in [3.63, 3.8) is 0 Å². The van der Waals surface area contributed by atoms with Crippen molar-refractivity contribution in [2.24, 2.45) is 0 Å². The minimum absolute atomic E-state index is 0.171. The summed E-state index contributed by atoms with van der Waals surface area (Å²) in [5.74, 6) is -0.0540. The molecule has 1 N–H and O–H groups in total. The third-order valence-electron chi connectivity index (χ3n) is 4.13. The molecular formula is C21H25NO7S. The van der Waals surface area contributed by atoms with Crippen LogP contribution >= 0.6 is 11.3 Å². The van der Waals surface area contributed by atoms with E-state index in [1.165, 1.54) is 7.11 Å². The topological polar surface area (TPSA) is 100 Å². The molecule has 1 heterocycles. The number of benzene rings is 1. The quantitative estimate of drug-likeness (QED) is 0.447. The van der Waals surface area contributed by atoms with Crippen LogP contribution in [0.3, 0.4) is 0 Å². The summed E-state index contributed by atoms with van der Waals surface area (Å²) in [7, 11) is 2.84. The molecule has 0 spiro atoms. The number of carbonyl (C=O) groups is 3. The molecule has 0 bridgehead atoms. The van der Waals surface area contributed by atoms with Crippen molar-refractivity contribution in [1.82, 2.24) is 0 Å². The minimum atomic E-state index is -0.598. The van der Waals surface area contributed by atoms with Gasteiger partial charge in [0.25, 0.3) is 0 Å². The summed E-state index contributed by atoms with van der Waals surface area (Å²) in [6, 6.07) is 7.15. The molecule has 1 amide bonds. The minimum Gasteiger partial charge on any atom is -0.497 e. The Morgan fingerprint density at radius 1 is 1.03 bits per heavy atom. The summed E-state index contributed by atoms with van der Waals surface area (Å²) in [5, 5.41) is 2.97. The molecule has 0 radical (unpaired) electrons. The monoisotopic (exact) mass is 435 g/mol. The zero-order valence-electron chi connectivity index (χ0n) is 17.4. The van der Waals surface area contributed by atoms with Gasteiger partial charge in [0.2, 0.25) is 5.91 Å². The van der Waals surface area contributed by atoms with E-state index in [0.717, 1.165) is 17.1 Å². The van der Waals surface area contributed by atoms with Crippen molar-refractivity contribution in [3.05, 3.63) is 40.3 Å². The van der Waals surface area contributed by atoms with E-state index in [0.29, 0.717) is 24.3 Å². The number of anilines is 1. The van der Waals surface area contributed by atoms with Crippen LogP contribution in [0.25, 0.3) is 0 Å². The lowest BCUT2D eigenvalue weighted by atomic mass is 10.1. The van der Waals surface area contributed by atoms with Crippen LogP contribution in [0.2, 0.25) is 0 Å². The number of nitrogens with one attached hydrogen (secondary N) is 1.